The molecule has 0 saturated carbocycles. The van der Waals surface area contributed by atoms with Gasteiger partial charge in [-0.05, 0) is 53.8 Å². The van der Waals surface area contributed by atoms with E-state index in [-0.39, 0.29) is 17.0 Å². The lowest BCUT2D eigenvalue weighted by molar-refractivity contribution is -0.890. The Hall–Kier alpha value is -0.740. The van der Waals surface area contributed by atoms with Crippen molar-refractivity contribution in [3.63, 3.8) is 0 Å². The zero-order valence-corrected chi connectivity index (χ0v) is 23.2. The Labute approximate surface area is 216 Å². The Morgan fingerprint density at radius 3 is 2.22 bits per heavy atom. The van der Waals surface area contributed by atoms with E-state index in [1.165, 1.54) is 90.9 Å². The van der Waals surface area contributed by atoms with Gasteiger partial charge in [0.25, 0.3) is 0 Å². The number of halogens is 2. The van der Waals surface area contributed by atoms with Gasteiger partial charge in [0.2, 0.25) is 0 Å². The maximum absolute atomic E-state index is 6.35. The van der Waals surface area contributed by atoms with Gasteiger partial charge in [-0.25, -0.2) is 0 Å². The van der Waals surface area contributed by atoms with Crippen LogP contribution >= 0.6 is 23.4 Å². The molecule has 0 bridgehead atoms. The minimum atomic E-state index is 0. The molecule has 4 heteroatoms. The van der Waals surface area contributed by atoms with Crippen molar-refractivity contribution in [3.05, 3.63) is 64.7 Å². The normalized spacial score (nSPS) is 14.1. The standard InChI is InChI=1S/C28H39ClNS.BrH/c1-4-5-6-7-8-9-10-13-20-30(2,3)21-14-16-24-25-15-11-12-17-27(25)31-28-19-18-23(29)22-26(24)28;/h11-12,15-19,22H,4-10,13-14,20-21H2,1-3H3;1H/q+1;/p-1. The van der Waals surface area contributed by atoms with Crippen LogP contribution in [0.15, 0.2) is 58.3 Å². The Balaban J connectivity index is 0.00000363. The molecule has 2 aromatic carbocycles. The molecule has 0 aliphatic carbocycles. The second kappa shape index (κ2) is 13.8. The van der Waals surface area contributed by atoms with Gasteiger partial charge in [0.05, 0.1) is 27.2 Å². The first-order valence-corrected chi connectivity index (χ1v) is 13.3. The van der Waals surface area contributed by atoms with Gasteiger partial charge >= 0.3 is 0 Å². The lowest BCUT2D eigenvalue weighted by atomic mass is 9.96. The summed E-state index contributed by atoms with van der Waals surface area (Å²) in [7, 11) is 4.77. The number of rotatable bonds is 12. The van der Waals surface area contributed by atoms with Gasteiger partial charge in [-0.3, -0.25) is 0 Å². The molecule has 0 aromatic heterocycles. The van der Waals surface area contributed by atoms with Crippen molar-refractivity contribution in [2.45, 2.75) is 74.5 Å². The second-order valence-corrected chi connectivity index (χ2v) is 11.0. The maximum Gasteiger partial charge on any atom is 0.0817 e. The highest BCUT2D eigenvalue weighted by Gasteiger charge is 2.21. The molecule has 0 radical (unpaired) electrons. The molecule has 176 valence electrons. The van der Waals surface area contributed by atoms with Crippen molar-refractivity contribution in [1.82, 2.24) is 0 Å². The highest BCUT2D eigenvalue weighted by molar-refractivity contribution is 7.99. The first-order valence-electron chi connectivity index (χ1n) is 12.1. The van der Waals surface area contributed by atoms with Crippen molar-refractivity contribution in [1.29, 1.82) is 0 Å². The molecule has 2 aromatic rings. The Morgan fingerprint density at radius 2 is 1.47 bits per heavy atom. The van der Waals surface area contributed by atoms with Crippen LogP contribution in [0.4, 0.5) is 0 Å². The van der Waals surface area contributed by atoms with Crippen LogP contribution in [0.25, 0.3) is 5.57 Å². The van der Waals surface area contributed by atoms with E-state index in [1.807, 2.05) is 17.8 Å². The molecule has 0 spiro atoms. The van der Waals surface area contributed by atoms with Gasteiger partial charge in [-0.2, -0.15) is 0 Å². The fourth-order valence-electron chi connectivity index (χ4n) is 4.41. The van der Waals surface area contributed by atoms with Gasteiger partial charge < -0.3 is 21.5 Å². The smallest absolute Gasteiger partial charge is 0.0817 e. The molecule has 3 rings (SSSR count). The monoisotopic (exact) mass is 535 g/mol. The third-order valence-electron chi connectivity index (χ3n) is 6.33. The fraction of sp³-hybridized carbons (Fsp3) is 0.500. The molecular formula is C28H39BrClNS. The largest absolute Gasteiger partial charge is 1.00 e. The summed E-state index contributed by atoms with van der Waals surface area (Å²) in [5, 5.41) is 0.815. The zero-order chi connectivity index (χ0) is 22.1. The zero-order valence-electron chi connectivity index (χ0n) is 20.0. The van der Waals surface area contributed by atoms with Gasteiger partial charge in [0.1, 0.15) is 0 Å². The minimum absolute atomic E-state index is 0. The first-order chi connectivity index (χ1) is 15.0. The van der Waals surface area contributed by atoms with E-state index in [0.717, 1.165) is 15.9 Å². The summed E-state index contributed by atoms with van der Waals surface area (Å²) in [5.74, 6) is 0. The third-order valence-corrected chi connectivity index (χ3v) is 7.72. The lowest BCUT2D eigenvalue weighted by Gasteiger charge is -2.30. The minimum Gasteiger partial charge on any atom is -1.00 e. The summed E-state index contributed by atoms with van der Waals surface area (Å²) >= 11 is 8.21. The predicted molar refractivity (Wildman–Crippen MR) is 138 cm³/mol. The summed E-state index contributed by atoms with van der Waals surface area (Å²) in [5.41, 5.74) is 3.97. The Morgan fingerprint density at radius 1 is 0.812 bits per heavy atom. The van der Waals surface area contributed by atoms with Crippen LogP contribution in [-0.4, -0.2) is 31.7 Å². The molecular weight excluding hydrogens is 498 g/mol. The quantitative estimate of drug-likeness (QED) is 0.207. The summed E-state index contributed by atoms with van der Waals surface area (Å²) in [6.07, 6.45) is 14.7. The average Bonchev–Trinajstić information content (AvgIpc) is 2.75. The van der Waals surface area contributed by atoms with E-state index in [2.05, 4.69) is 63.5 Å². The SMILES string of the molecule is CCCCCCCCCC[N+](C)(C)CCC=C1c2ccccc2Sc2ccc(Cl)cc21.[Br-]. The average molecular weight is 537 g/mol. The van der Waals surface area contributed by atoms with Crippen molar-refractivity contribution < 1.29 is 21.5 Å². The summed E-state index contributed by atoms with van der Waals surface area (Å²) in [6, 6.07) is 15.1. The molecule has 0 unspecified atom stereocenters. The number of hydrogen-bond acceptors (Lipinski definition) is 1. The number of hydrogen-bond donors (Lipinski definition) is 0. The number of fused-ring (bicyclic) bond motifs is 2. The highest BCUT2D eigenvalue weighted by Crippen LogP contribution is 2.46. The summed E-state index contributed by atoms with van der Waals surface area (Å²) in [6.45, 7) is 4.73. The molecule has 1 aliphatic rings. The molecule has 0 atom stereocenters. The number of unbranched alkanes of at least 4 members (excludes halogenated alkanes) is 7. The van der Waals surface area contributed by atoms with E-state index < -0.39 is 0 Å². The number of benzene rings is 2. The van der Waals surface area contributed by atoms with Crippen molar-refractivity contribution in [2.75, 3.05) is 27.2 Å². The maximum atomic E-state index is 6.35. The van der Waals surface area contributed by atoms with Gasteiger partial charge in [0.15, 0.2) is 0 Å². The molecule has 1 aliphatic heterocycles. The van der Waals surface area contributed by atoms with Gasteiger partial charge in [-0.15, -0.1) is 0 Å². The van der Waals surface area contributed by atoms with Crippen molar-refractivity contribution in [3.8, 4) is 0 Å². The topological polar surface area (TPSA) is 0 Å². The molecule has 1 heterocycles. The van der Waals surface area contributed by atoms with E-state index in [9.17, 15) is 0 Å². The Bertz CT molecular complexity index is 877. The third kappa shape index (κ3) is 8.24. The van der Waals surface area contributed by atoms with E-state index >= 15 is 0 Å². The fourth-order valence-corrected chi connectivity index (χ4v) is 5.67. The second-order valence-electron chi connectivity index (χ2n) is 9.50. The lowest BCUT2D eigenvalue weighted by Crippen LogP contribution is -3.00. The van der Waals surface area contributed by atoms with Crippen LogP contribution in [-0.2, 0) is 0 Å². The summed E-state index contributed by atoms with van der Waals surface area (Å²) in [4.78, 5) is 2.65. The van der Waals surface area contributed by atoms with E-state index in [1.54, 1.807) is 0 Å². The van der Waals surface area contributed by atoms with E-state index in [0.29, 0.717) is 0 Å². The number of nitrogens with zero attached hydrogens (tertiary/aromatic N) is 1. The van der Waals surface area contributed by atoms with Crippen LogP contribution in [0.5, 0.6) is 0 Å². The van der Waals surface area contributed by atoms with Crippen LogP contribution in [0.3, 0.4) is 0 Å². The molecule has 1 nitrogen and oxygen atoms in total. The number of quaternary nitrogens is 1. The van der Waals surface area contributed by atoms with E-state index in [4.69, 9.17) is 11.6 Å². The molecule has 0 saturated heterocycles. The Kier molecular flexibility index (Phi) is 11.9. The molecule has 0 amide bonds. The first kappa shape index (κ1) is 27.5. The molecule has 0 N–H and O–H groups in total. The van der Waals surface area contributed by atoms with Crippen LogP contribution < -0.4 is 17.0 Å². The molecule has 0 fully saturated rings. The van der Waals surface area contributed by atoms with Crippen molar-refractivity contribution >= 4 is 28.9 Å². The van der Waals surface area contributed by atoms with Crippen LogP contribution in [0.2, 0.25) is 5.02 Å². The summed E-state index contributed by atoms with van der Waals surface area (Å²) < 4.78 is 1.10. The molecule has 32 heavy (non-hydrogen) atoms. The van der Waals surface area contributed by atoms with Crippen molar-refractivity contribution in [2.24, 2.45) is 0 Å². The van der Waals surface area contributed by atoms with Gasteiger partial charge in [0, 0.05) is 21.2 Å². The highest BCUT2D eigenvalue weighted by atomic mass is 79.9. The predicted octanol–water partition coefficient (Wildman–Crippen LogP) is 5.85. The van der Waals surface area contributed by atoms with Crippen LogP contribution in [0, 0.1) is 0 Å². The van der Waals surface area contributed by atoms with Crippen LogP contribution in [0.1, 0.15) is 75.8 Å². The van der Waals surface area contributed by atoms with Gasteiger partial charge in [-0.1, -0.05) is 93.1 Å².